The topological polar surface area (TPSA) is 75.1 Å². The molecule has 1 unspecified atom stereocenters. The second-order valence-electron chi connectivity index (χ2n) is 4.38. The number of aliphatic hydroxyl groups excluding tert-OH is 1. The lowest BCUT2D eigenvalue weighted by molar-refractivity contribution is 0.0911. The maximum Gasteiger partial charge on any atom is 0.271 e. The molecule has 0 saturated heterocycles. The second-order valence-corrected chi connectivity index (χ2v) is 4.38. The number of rotatable bonds is 5. The monoisotopic (exact) mass is 237 g/mol. The van der Waals surface area contributed by atoms with Gasteiger partial charge in [0.15, 0.2) is 0 Å². The fourth-order valence-corrected chi connectivity index (χ4v) is 1.46. The highest BCUT2D eigenvalue weighted by atomic mass is 16.3. The molecule has 1 aromatic heterocycles. The summed E-state index contributed by atoms with van der Waals surface area (Å²) in [5.74, 6) is 0.0224. The standard InChI is InChI=1S/C12H19N3O2/c1-8(2)10(4-5-16)15-12(17)11-7-13-9(3)6-14-11/h6-8,10,16H,4-5H2,1-3H3,(H,15,17). The fraction of sp³-hybridized carbons (Fsp3) is 0.583. The van der Waals surface area contributed by atoms with Crippen LogP contribution >= 0.6 is 0 Å². The number of aromatic nitrogens is 2. The summed E-state index contributed by atoms with van der Waals surface area (Å²) in [5, 5.41) is 11.8. The van der Waals surface area contributed by atoms with E-state index in [9.17, 15) is 4.79 Å². The first-order valence-electron chi connectivity index (χ1n) is 5.75. The summed E-state index contributed by atoms with van der Waals surface area (Å²) in [7, 11) is 0. The Balaban J connectivity index is 2.66. The van der Waals surface area contributed by atoms with E-state index in [1.54, 1.807) is 6.20 Å². The summed E-state index contributed by atoms with van der Waals surface area (Å²) in [6.07, 6.45) is 3.56. The number of hydrogen-bond donors (Lipinski definition) is 2. The molecule has 0 radical (unpaired) electrons. The Morgan fingerprint density at radius 3 is 2.59 bits per heavy atom. The molecule has 0 fully saturated rings. The number of aryl methyl sites for hydroxylation is 1. The van der Waals surface area contributed by atoms with Gasteiger partial charge >= 0.3 is 0 Å². The van der Waals surface area contributed by atoms with Gasteiger partial charge < -0.3 is 10.4 Å². The minimum Gasteiger partial charge on any atom is -0.396 e. The van der Waals surface area contributed by atoms with Crippen LogP contribution in [0.3, 0.4) is 0 Å². The third-order valence-corrected chi connectivity index (χ3v) is 2.57. The molecule has 5 nitrogen and oxygen atoms in total. The summed E-state index contributed by atoms with van der Waals surface area (Å²) in [6, 6.07) is -0.0457. The zero-order valence-corrected chi connectivity index (χ0v) is 10.5. The van der Waals surface area contributed by atoms with Crippen molar-refractivity contribution < 1.29 is 9.90 Å². The number of aliphatic hydroxyl groups is 1. The van der Waals surface area contributed by atoms with E-state index in [0.29, 0.717) is 12.1 Å². The SMILES string of the molecule is Cc1cnc(C(=O)NC(CCO)C(C)C)cn1. The first-order valence-corrected chi connectivity index (χ1v) is 5.75. The number of hydrogen-bond acceptors (Lipinski definition) is 4. The highest BCUT2D eigenvalue weighted by Gasteiger charge is 2.17. The van der Waals surface area contributed by atoms with Crippen molar-refractivity contribution in [2.75, 3.05) is 6.61 Å². The minimum atomic E-state index is -0.246. The van der Waals surface area contributed by atoms with Crippen LogP contribution in [0.5, 0.6) is 0 Å². The highest BCUT2D eigenvalue weighted by molar-refractivity contribution is 5.92. The maximum atomic E-state index is 11.9. The Labute approximate surface area is 101 Å². The van der Waals surface area contributed by atoms with Gasteiger partial charge in [0.1, 0.15) is 5.69 Å². The van der Waals surface area contributed by atoms with Gasteiger partial charge in [-0.2, -0.15) is 0 Å². The molecule has 0 spiro atoms. The van der Waals surface area contributed by atoms with Crippen molar-refractivity contribution in [2.24, 2.45) is 5.92 Å². The van der Waals surface area contributed by atoms with E-state index in [4.69, 9.17) is 5.11 Å². The number of amides is 1. The summed E-state index contributed by atoms with van der Waals surface area (Å²) in [4.78, 5) is 19.9. The van der Waals surface area contributed by atoms with Crippen molar-refractivity contribution in [3.05, 3.63) is 23.8 Å². The summed E-state index contributed by atoms with van der Waals surface area (Å²) < 4.78 is 0. The van der Waals surface area contributed by atoms with Gasteiger partial charge in [-0.25, -0.2) is 4.98 Å². The van der Waals surface area contributed by atoms with Crippen molar-refractivity contribution in [2.45, 2.75) is 33.2 Å². The normalized spacial score (nSPS) is 12.5. The largest absolute Gasteiger partial charge is 0.396 e. The number of nitrogens with zero attached hydrogens (tertiary/aromatic N) is 2. The van der Waals surface area contributed by atoms with Crippen LogP contribution in [-0.2, 0) is 0 Å². The highest BCUT2D eigenvalue weighted by Crippen LogP contribution is 2.06. The van der Waals surface area contributed by atoms with Gasteiger partial charge in [-0.1, -0.05) is 13.8 Å². The lowest BCUT2D eigenvalue weighted by Gasteiger charge is -2.21. The summed E-state index contributed by atoms with van der Waals surface area (Å²) in [6.45, 7) is 5.88. The molecule has 5 heteroatoms. The van der Waals surface area contributed by atoms with E-state index < -0.39 is 0 Å². The molecule has 0 aliphatic carbocycles. The first kappa shape index (κ1) is 13.6. The molecular weight excluding hydrogens is 218 g/mol. The van der Waals surface area contributed by atoms with Crippen LogP contribution in [0.1, 0.15) is 36.5 Å². The zero-order valence-electron chi connectivity index (χ0n) is 10.5. The van der Waals surface area contributed by atoms with Crippen LogP contribution in [0, 0.1) is 12.8 Å². The molecule has 17 heavy (non-hydrogen) atoms. The van der Waals surface area contributed by atoms with Gasteiger partial charge in [0.05, 0.1) is 11.9 Å². The molecule has 1 rings (SSSR count). The second kappa shape index (κ2) is 6.30. The number of carbonyl (C=O) groups is 1. The summed E-state index contributed by atoms with van der Waals surface area (Å²) in [5.41, 5.74) is 1.08. The van der Waals surface area contributed by atoms with Gasteiger partial charge in [0, 0.05) is 18.8 Å². The van der Waals surface area contributed by atoms with Crippen molar-refractivity contribution in [1.82, 2.24) is 15.3 Å². The molecule has 1 aromatic rings. The number of carbonyl (C=O) groups excluding carboxylic acids is 1. The molecule has 94 valence electrons. The predicted molar refractivity (Wildman–Crippen MR) is 64.6 cm³/mol. The average Bonchev–Trinajstić information content (AvgIpc) is 2.29. The Morgan fingerprint density at radius 1 is 1.41 bits per heavy atom. The van der Waals surface area contributed by atoms with E-state index in [1.807, 2.05) is 20.8 Å². The fourth-order valence-electron chi connectivity index (χ4n) is 1.46. The third-order valence-electron chi connectivity index (χ3n) is 2.57. The maximum absolute atomic E-state index is 11.9. The Kier molecular flexibility index (Phi) is 5.03. The predicted octanol–water partition coefficient (Wildman–Crippen LogP) is 0.922. The molecule has 0 bridgehead atoms. The third kappa shape index (κ3) is 4.11. The van der Waals surface area contributed by atoms with Crippen LogP contribution in [0.25, 0.3) is 0 Å². The molecule has 0 aliphatic heterocycles. The summed E-state index contributed by atoms with van der Waals surface area (Å²) >= 11 is 0. The molecule has 0 saturated carbocycles. The Bertz CT molecular complexity index is 363. The van der Waals surface area contributed by atoms with Gasteiger partial charge in [-0.05, 0) is 19.3 Å². The van der Waals surface area contributed by atoms with E-state index in [1.165, 1.54) is 6.20 Å². The van der Waals surface area contributed by atoms with E-state index in [-0.39, 0.29) is 24.5 Å². The van der Waals surface area contributed by atoms with Crippen molar-refractivity contribution in [3.63, 3.8) is 0 Å². The van der Waals surface area contributed by atoms with Crippen LogP contribution in [0.2, 0.25) is 0 Å². The van der Waals surface area contributed by atoms with Crippen LogP contribution in [-0.4, -0.2) is 33.6 Å². The molecule has 1 amide bonds. The quantitative estimate of drug-likeness (QED) is 0.798. The van der Waals surface area contributed by atoms with Gasteiger partial charge in [-0.15, -0.1) is 0 Å². The Hall–Kier alpha value is -1.49. The van der Waals surface area contributed by atoms with Crippen LogP contribution < -0.4 is 5.32 Å². The van der Waals surface area contributed by atoms with Gasteiger partial charge in [0.25, 0.3) is 5.91 Å². The van der Waals surface area contributed by atoms with Crippen molar-refractivity contribution in [1.29, 1.82) is 0 Å². The lowest BCUT2D eigenvalue weighted by Crippen LogP contribution is -2.39. The van der Waals surface area contributed by atoms with Gasteiger partial charge in [0.2, 0.25) is 0 Å². The van der Waals surface area contributed by atoms with Crippen molar-refractivity contribution >= 4 is 5.91 Å². The van der Waals surface area contributed by atoms with E-state index in [2.05, 4.69) is 15.3 Å². The molecule has 2 N–H and O–H groups in total. The lowest BCUT2D eigenvalue weighted by atomic mass is 10.0. The minimum absolute atomic E-state index is 0.0457. The zero-order chi connectivity index (χ0) is 12.8. The van der Waals surface area contributed by atoms with Crippen LogP contribution in [0.15, 0.2) is 12.4 Å². The average molecular weight is 237 g/mol. The molecular formula is C12H19N3O2. The van der Waals surface area contributed by atoms with Crippen LogP contribution in [0.4, 0.5) is 0 Å². The molecule has 0 aromatic carbocycles. The van der Waals surface area contributed by atoms with E-state index >= 15 is 0 Å². The van der Waals surface area contributed by atoms with E-state index in [0.717, 1.165) is 5.69 Å². The van der Waals surface area contributed by atoms with Crippen molar-refractivity contribution in [3.8, 4) is 0 Å². The first-order chi connectivity index (χ1) is 8.04. The molecule has 1 atom stereocenters. The van der Waals surface area contributed by atoms with Gasteiger partial charge in [-0.3, -0.25) is 9.78 Å². The molecule has 0 aliphatic rings. The number of nitrogens with one attached hydrogen (secondary N) is 1. The Morgan fingerprint density at radius 2 is 2.12 bits per heavy atom. The smallest absolute Gasteiger partial charge is 0.271 e. The molecule has 1 heterocycles.